The molecular weight excluding hydrogens is 328 g/mol. The minimum absolute atomic E-state index is 0.0976. The van der Waals surface area contributed by atoms with Crippen LogP contribution in [0.2, 0.25) is 0 Å². The highest BCUT2D eigenvalue weighted by Gasteiger charge is 2.28. The van der Waals surface area contributed by atoms with Crippen molar-refractivity contribution in [3.8, 4) is 6.07 Å². The van der Waals surface area contributed by atoms with E-state index in [4.69, 9.17) is 5.26 Å². The molecule has 2 N–H and O–H groups in total. The standard InChI is InChI=1S/C15H20N6O2S/c1-11(9-16)10-21(3)24(22,23)20-14(13-7-5-4-6-8-13)15-17-12(2)18-19-15/h4-8,11,14,20H,10H2,1-3H3,(H,17,18,19)/t11-,14-/m0/s1. The van der Waals surface area contributed by atoms with Crippen LogP contribution in [0.3, 0.4) is 0 Å². The van der Waals surface area contributed by atoms with Crippen molar-refractivity contribution in [2.75, 3.05) is 13.6 Å². The highest BCUT2D eigenvalue weighted by molar-refractivity contribution is 7.87. The number of rotatable bonds is 7. The number of aromatic nitrogens is 3. The molecule has 1 aromatic carbocycles. The maximum Gasteiger partial charge on any atom is 0.280 e. The van der Waals surface area contributed by atoms with Gasteiger partial charge < -0.3 is 0 Å². The lowest BCUT2D eigenvalue weighted by atomic mass is 10.1. The first-order valence-corrected chi connectivity index (χ1v) is 8.84. The largest absolute Gasteiger partial charge is 0.280 e. The second-order valence-corrected chi connectivity index (χ2v) is 7.37. The van der Waals surface area contributed by atoms with Crippen molar-refractivity contribution in [1.82, 2.24) is 24.2 Å². The van der Waals surface area contributed by atoms with Gasteiger partial charge in [0.05, 0.1) is 12.0 Å². The quantitative estimate of drug-likeness (QED) is 0.778. The fourth-order valence-corrected chi connectivity index (χ4v) is 3.31. The maximum atomic E-state index is 12.6. The summed E-state index contributed by atoms with van der Waals surface area (Å²) in [7, 11) is -2.38. The molecule has 128 valence electrons. The van der Waals surface area contributed by atoms with Gasteiger partial charge in [0.1, 0.15) is 11.9 Å². The van der Waals surface area contributed by atoms with Crippen LogP contribution >= 0.6 is 0 Å². The van der Waals surface area contributed by atoms with Gasteiger partial charge in [0, 0.05) is 13.6 Å². The Morgan fingerprint density at radius 3 is 2.58 bits per heavy atom. The summed E-state index contributed by atoms with van der Waals surface area (Å²) >= 11 is 0. The molecule has 0 radical (unpaired) electrons. The number of hydrogen-bond acceptors (Lipinski definition) is 5. The molecule has 24 heavy (non-hydrogen) atoms. The molecular formula is C15H20N6O2S. The summed E-state index contributed by atoms with van der Waals surface area (Å²) in [6.07, 6.45) is 0. The number of nitrogens with one attached hydrogen (secondary N) is 2. The van der Waals surface area contributed by atoms with Crippen molar-refractivity contribution < 1.29 is 8.42 Å². The third-order valence-corrected chi connectivity index (χ3v) is 4.94. The Balaban J connectivity index is 2.30. The molecule has 1 heterocycles. The summed E-state index contributed by atoms with van der Waals surface area (Å²) < 4.78 is 28.9. The first kappa shape index (κ1) is 18.1. The van der Waals surface area contributed by atoms with Gasteiger partial charge in [-0.1, -0.05) is 30.3 Å². The molecule has 2 atom stereocenters. The Morgan fingerprint density at radius 2 is 2.04 bits per heavy atom. The summed E-state index contributed by atoms with van der Waals surface area (Å²) in [5.74, 6) is 0.521. The third-order valence-electron chi connectivity index (χ3n) is 3.43. The van der Waals surface area contributed by atoms with Crippen molar-refractivity contribution in [3.05, 3.63) is 47.5 Å². The van der Waals surface area contributed by atoms with E-state index in [0.29, 0.717) is 11.6 Å². The predicted molar refractivity (Wildman–Crippen MR) is 88.9 cm³/mol. The highest BCUT2D eigenvalue weighted by Crippen LogP contribution is 2.20. The van der Waals surface area contributed by atoms with Crippen LogP contribution in [0, 0.1) is 24.2 Å². The summed E-state index contributed by atoms with van der Waals surface area (Å²) in [5.41, 5.74) is 0.724. The second kappa shape index (κ2) is 7.53. The van der Waals surface area contributed by atoms with Gasteiger partial charge in [-0.25, -0.2) is 4.98 Å². The van der Waals surface area contributed by atoms with Gasteiger partial charge in [-0.2, -0.15) is 27.8 Å². The Labute approximate surface area is 141 Å². The topological polar surface area (TPSA) is 115 Å². The average molecular weight is 348 g/mol. The number of aryl methyl sites for hydroxylation is 1. The zero-order valence-corrected chi connectivity index (χ0v) is 14.6. The fraction of sp³-hybridized carbons (Fsp3) is 0.400. The van der Waals surface area contributed by atoms with E-state index in [-0.39, 0.29) is 6.54 Å². The molecule has 1 aromatic heterocycles. The van der Waals surface area contributed by atoms with Crippen LogP contribution in [0.1, 0.15) is 30.2 Å². The second-order valence-electron chi connectivity index (χ2n) is 5.56. The lowest BCUT2D eigenvalue weighted by Crippen LogP contribution is -2.42. The van der Waals surface area contributed by atoms with Crippen molar-refractivity contribution >= 4 is 10.2 Å². The van der Waals surface area contributed by atoms with Gasteiger partial charge in [0.25, 0.3) is 10.2 Å². The molecule has 0 aliphatic heterocycles. The summed E-state index contributed by atoms with van der Waals surface area (Å²) in [4.78, 5) is 4.24. The van der Waals surface area contributed by atoms with Crippen LogP contribution in [-0.2, 0) is 10.2 Å². The predicted octanol–water partition coefficient (Wildman–Crippen LogP) is 1.13. The number of benzene rings is 1. The van der Waals surface area contributed by atoms with Crippen LogP contribution in [0.25, 0.3) is 0 Å². The van der Waals surface area contributed by atoms with Gasteiger partial charge in [-0.05, 0) is 19.4 Å². The van der Waals surface area contributed by atoms with Crippen molar-refractivity contribution in [2.45, 2.75) is 19.9 Å². The molecule has 2 rings (SSSR count). The lowest BCUT2D eigenvalue weighted by molar-refractivity contribution is 0.425. The monoisotopic (exact) mass is 348 g/mol. The summed E-state index contributed by atoms with van der Waals surface area (Å²) in [6, 6.07) is 10.4. The SMILES string of the molecule is Cc1nc([C@@H](NS(=O)(=O)N(C)C[C@@H](C)C#N)c2ccccc2)n[nH]1. The van der Waals surface area contributed by atoms with Crippen molar-refractivity contribution in [1.29, 1.82) is 5.26 Å². The normalized spacial score (nSPS) is 14.3. The van der Waals surface area contributed by atoms with E-state index >= 15 is 0 Å². The summed E-state index contributed by atoms with van der Waals surface area (Å²) in [5, 5.41) is 15.7. The van der Waals surface area contributed by atoms with Gasteiger partial charge in [-0.3, -0.25) is 5.10 Å². The molecule has 0 saturated carbocycles. The fourth-order valence-electron chi connectivity index (χ4n) is 2.17. The first-order chi connectivity index (χ1) is 11.3. The van der Waals surface area contributed by atoms with E-state index in [1.165, 1.54) is 7.05 Å². The lowest BCUT2D eigenvalue weighted by Gasteiger charge is -2.22. The number of nitriles is 1. The zero-order chi connectivity index (χ0) is 17.7. The molecule has 0 saturated heterocycles. The minimum Gasteiger partial charge on any atom is -0.263 e. The van der Waals surface area contributed by atoms with Crippen LogP contribution in [-0.4, -0.2) is 41.5 Å². The van der Waals surface area contributed by atoms with Crippen molar-refractivity contribution in [3.63, 3.8) is 0 Å². The smallest absolute Gasteiger partial charge is 0.263 e. The van der Waals surface area contributed by atoms with E-state index in [9.17, 15) is 8.42 Å². The molecule has 2 aromatic rings. The Morgan fingerprint density at radius 1 is 1.38 bits per heavy atom. The van der Waals surface area contributed by atoms with Crippen LogP contribution in [0.15, 0.2) is 30.3 Å². The molecule has 9 heteroatoms. The molecule has 0 bridgehead atoms. The third kappa shape index (κ3) is 4.38. The van der Waals surface area contributed by atoms with Gasteiger partial charge in [0.15, 0.2) is 5.82 Å². The molecule has 0 amide bonds. The van der Waals surface area contributed by atoms with E-state index < -0.39 is 22.2 Å². The molecule has 0 spiro atoms. The van der Waals surface area contributed by atoms with Crippen LogP contribution < -0.4 is 4.72 Å². The molecule has 0 aliphatic carbocycles. The first-order valence-electron chi connectivity index (χ1n) is 7.40. The summed E-state index contributed by atoms with van der Waals surface area (Å²) in [6.45, 7) is 3.51. The van der Waals surface area contributed by atoms with Crippen molar-refractivity contribution in [2.24, 2.45) is 5.92 Å². The van der Waals surface area contributed by atoms with Gasteiger partial charge in [-0.15, -0.1) is 0 Å². The average Bonchev–Trinajstić information content (AvgIpc) is 2.99. The van der Waals surface area contributed by atoms with E-state index in [2.05, 4.69) is 19.9 Å². The maximum absolute atomic E-state index is 12.6. The number of aromatic amines is 1. The van der Waals surface area contributed by atoms with Gasteiger partial charge >= 0.3 is 0 Å². The minimum atomic E-state index is -3.81. The molecule has 0 aliphatic rings. The van der Waals surface area contributed by atoms with E-state index in [1.54, 1.807) is 26.0 Å². The molecule has 0 unspecified atom stereocenters. The molecule has 0 fully saturated rings. The van der Waals surface area contributed by atoms with E-state index in [1.807, 2.05) is 24.3 Å². The highest BCUT2D eigenvalue weighted by atomic mass is 32.2. The Hall–Kier alpha value is -2.28. The van der Waals surface area contributed by atoms with E-state index in [0.717, 1.165) is 9.87 Å². The Kier molecular flexibility index (Phi) is 5.66. The Bertz CT molecular complexity index is 812. The number of hydrogen-bond donors (Lipinski definition) is 2. The molecule has 8 nitrogen and oxygen atoms in total. The number of nitrogens with zero attached hydrogens (tertiary/aromatic N) is 4. The number of H-pyrrole nitrogens is 1. The van der Waals surface area contributed by atoms with Crippen LogP contribution in [0.5, 0.6) is 0 Å². The van der Waals surface area contributed by atoms with Gasteiger partial charge in [0.2, 0.25) is 0 Å². The zero-order valence-electron chi connectivity index (χ0n) is 13.8. The van der Waals surface area contributed by atoms with Crippen LogP contribution in [0.4, 0.5) is 0 Å².